The Morgan fingerprint density at radius 1 is 1.48 bits per heavy atom. The van der Waals surface area contributed by atoms with Crippen molar-refractivity contribution in [3.05, 3.63) is 29.8 Å². The molecule has 0 radical (unpaired) electrons. The fraction of sp³-hybridized carbons (Fsp3) is 0.562. The number of aliphatic imine (C=N–C) groups is 1. The van der Waals surface area contributed by atoms with Crippen molar-refractivity contribution in [2.24, 2.45) is 16.6 Å². The lowest BCUT2D eigenvalue weighted by Crippen LogP contribution is -2.45. The quantitative estimate of drug-likeness (QED) is 0.642. The summed E-state index contributed by atoms with van der Waals surface area (Å²) in [5, 5.41) is 2.58. The third kappa shape index (κ3) is 5.76. The fourth-order valence-electron chi connectivity index (χ4n) is 2.54. The number of hydrogen-bond donors (Lipinski definition) is 2. The zero-order chi connectivity index (χ0) is 16.8. The number of benzene rings is 1. The van der Waals surface area contributed by atoms with Crippen LogP contribution in [0.15, 0.2) is 23.2 Å². The molecule has 2 rings (SSSR count). The van der Waals surface area contributed by atoms with Crippen molar-refractivity contribution in [2.45, 2.75) is 20.0 Å². The Morgan fingerprint density at radius 3 is 3.00 bits per heavy atom. The Kier molecular flexibility index (Phi) is 6.29. The van der Waals surface area contributed by atoms with Gasteiger partial charge in [0.1, 0.15) is 11.6 Å². The molecule has 1 fully saturated rings. The smallest absolute Gasteiger partial charge is 0.193 e. The first-order valence-electron chi connectivity index (χ1n) is 7.80. The third-order valence-corrected chi connectivity index (χ3v) is 3.50. The van der Waals surface area contributed by atoms with Gasteiger partial charge in [0.2, 0.25) is 0 Å². The standard InChI is InChI=1S/C16H24F2N4O/c1-11(2)9-22-5-6-23-13(10-22)8-20-16(19)21-15-7-12(17)3-4-14(15)18/h3-4,7,11,13H,5-6,8-10H2,1-2H3,(H3,19,20,21). The molecule has 1 aromatic carbocycles. The summed E-state index contributed by atoms with van der Waals surface area (Å²) in [6.45, 7) is 8.13. The third-order valence-electron chi connectivity index (χ3n) is 3.50. The number of hydrogen-bond acceptors (Lipinski definition) is 3. The molecule has 0 spiro atoms. The first kappa shape index (κ1) is 17.6. The molecule has 3 N–H and O–H groups in total. The van der Waals surface area contributed by atoms with E-state index in [2.05, 4.69) is 29.1 Å². The summed E-state index contributed by atoms with van der Waals surface area (Å²) in [4.78, 5) is 6.51. The van der Waals surface area contributed by atoms with E-state index in [1.165, 1.54) is 0 Å². The minimum Gasteiger partial charge on any atom is -0.374 e. The Hall–Kier alpha value is -1.73. The molecule has 1 heterocycles. The minimum absolute atomic E-state index is 0.0303. The van der Waals surface area contributed by atoms with Crippen LogP contribution in [0.1, 0.15) is 13.8 Å². The molecule has 1 unspecified atom stereocenters. The van der Waals surface area contributed by atoms with Crippen LogP contribution in [0.5, 0.6) is 0 Å². The van der Waals surface area contributed by atoms with Crippen LogP contribution in [0.25, 0.3) is 0 Å². The van der Waals surface area contributed by atoms with Crippen LogP contribution in [-0.4, -0.2) is 49.7 Å². The number of guanidine groups is 1. The van der Waals surface area contributed by atoms with Crippen LogP contribution >= 0.6 is 0 Å². The van der Waals surface area contributed by atoms with Gasteiger partial charge in [0.05, 0.1) is 24.9 Å². The molecule has 1 aliphatic heterocycles. The van der Waals surface area contributed by atoms with Crippen molar-refractivity contribution in [2.75, 3.05) is 38.1 Å². The Bertz CT molecular complexity index is 551. The number of nitrogens with one attached hydrogen (secondary N) is 1. The van der Waals surface area contributed by atoms with Gasteiger partial charge in [-0.25, -0.2) is 8.78 Å². The van der Waals surface area contributed by atoms with E-state index in [4.69, 9.17) is 10.5 Å². The SMILES string of the molecule is CC(C)CN1CCOC(CN=C(N)Nc2cc(F)ccc2F)C1. The van der Waals surface area contributed by atoms with Crippen molar-refractivity contribution in [3.63, 3.8) is 0 Å². The van der Waals surface area contributed by atoms with Crippen LogP contribution in [0.3, 0.4) is 0 Å². The summed E-state index contributed by atoms with van der Waals surface area (Å²) in [6.07, 6.45) is -0.0415. The highest BCUT2D eigenvalue weighted by molar-refractivity contribution is 5.92. The van der Waals surface area contributed by atoms with E-state index in [1.54, 1.807) is 0 Å². The maximum Gasteiger partial charge on any atom is 0.193 e. The molecule has 1 atom stereocenters. The Labute approximate surface area is 135 Å². The number of morpholine rings is 1. The highest BCUT2D eigenvalue weighted by atomic mass is 19.1. The van der Waals surface area contributed by atoms with Crippen molar-refractivity contribution >= 4 is 11.6 Å². The molecule has 7 heteroatoms. The molecule has 23 heavy (non-hydrogen) atoms. The van der Waals surface area contributed by atoms with Gasteiger partial charge in [-0.05, 0) is 18.1 Å². The molecule has 0 aliphatic carbocycles. The van der Waals surface area contributed by atoms with Gasteiger partial charge < -0.3 is 15.8 Å². The number of nitrogens with zero attached hydrogens (tertiary/aromatic N) is 2. The van der Waals surface area contributed by atoms with Gasteiger partial charge in [-0.2, -0.15) is 0 Å². The van der Waals surface area contributed by atoms with Crippen molar-refractivity contribution in [1.82, 2.24) is 4.90 Å². The van der Waals surface area contributed by atoms with E-state index >= 15 is 0 Å². The topological polar surface area (TPSA) is 62.9 Å². The van der Waals surface area contributed by atoms with Crippen molar-refractivity contribution in [3.8, 4) is 0 Å². The van der Waals surface area contributed by atoms with Crippen LogP contribution in [0.2, 0.25) is 0 Å². The summed E-state index contributed by atoms with van der Waals surface area (Å²) in [6, 6.07) is 3.13. The predicted octanol–water partition coefficient (Wildman–Crippen LogP) is 2.05. The van der Waals surface area contributed by atoms with E-state index in [0.717, 1.165) is 37.8 Å². The van der Waals surface area contributed by atoms with Crippen LogP contribution < -0.4 is 11.1 Å². The maximum absolute atomic E-state index is 13.5. The summed E-state index contributed by atoms with van der Waals surface area (Å²) in [7, 11) is 0. The first-order chi connectivity index (χ1) is 10.9. The van der Waals surface area contributed by atoms with E-state index in [9.17, 15) is 8.78 Å². The van der Waals surface area contributed by atoms with E-state index in [0.29, 0.717) is 19.1 Å². The van der Waals surface area contributed by atoms with Gasteiger partial charge >= 0.3 is 0 Å². The molecular formula is C16H24F2N4O. The molecule has 0 saturated carbocycles. The molecule has 0 amide bonds. The first-order valence-corrected chi connectivity index (χ1v) is 7.80. The molecule has 0 aromatic heterocycles. The lowest BCUT2D eigenvalue weighted by molar-refractivity contribution is -0.0261. The number of halogens is 2. The average molecular weight is 326 g/mol. The van der Waals surface area contributed by atoms with Crippen LogP contribution in [0.4, 0.5) is 14.5 Å². The van der Waals surface area contributed by atoms with Gasteiger partial charge in [0.15, 0.2) is 5.96 Å². The van der Waals surface area contributed by atoms with Gasteiger partial charge in [-0.3, -0.25) is 9.89 Å². The van der Waals surface area contributed by atoms with E-state index in [1.807, 2.05) is 0 Å². The van der Waals surface area contributed by atoms with Gasteiger partial charge in [-0.15, -0.1) is 0 Å². The predicted molar refractivity (Wildman–Crippen MR) is 87.5 cm³/mol. The summed E-state index contributed by atoms with van der Waals surface area (Å²) in [5.41, 5.74) is 5.71. The van der Waals surface area contributed by atoms with Gasteiger partial charge in [0, 0.05) is 25.7 Å². The fourth-order valence-corrected chi connectivity index (χ4v) is 2.54. The Balaban J connectivity index is 1.87. The summed E-state index contributed by atoms with van der Waals surface area (Å²) >= 11 is 0. The molecule has 5 nitrogen and oxygen atoms in total. The van der Waals surface area contributed by atoms with Gasteiger partial charge in [0.25, 0.3) is 0 Å². The lowest BCUT2D eigenvalue weighted by Gasteiger charge is -2.33. The molecule has 1 saturated heterocycles. The highest BCUT2D eigenvalue weighted by Crippen LogP contribution is 2.15. The van der Waals surface area contributed by atoms with Crippen molar-refractivity contribution < 1.29 is 13.5 Å². The highest BCUT2D eigenvalue weighted by Gasteiger charge is 2.20. The second kappa shape index (κ2) is 8.21. The lowest BCUT2D eigenvalue weighted by atomic mass is 10.2. The summed E-state index contributed by atoms with van der Waals surface area (Å²) in [5.74, 6) is -0.484. The zero-order valence-electron chi connectivity index (χ0n) is 13.6. The zero-order valence-corrected chi connectivity index (χ0v) is 13.6. The molecular weight excluding hydrogens is 302 g/mol. The molecule has 1 aliphatic rings. The minimum atomic E-state index is -0.582. The normalized spacial score (nSPS) is 20.0. The summed E-state index contributed by atoms with van der Waals surface area (Å²) < 4.78 is 32.3. The molecule has 0 bridgehead atoms. The molecule has 1 aromatic rings. The average Bonchev–Trinajstić information content (AvgIpc) is 2.49. The molecule has 128 valence electrons. The second-order valence-corrected chi connectivity index (χ2v) is 6.12. The van der Waals surface area contributed by atoms with Crippen LogP contribution in [0, 0.1) is 17.6 Å². The number of ether oxygens (including phenoxy) is 1. The van der Waals surface area contributed by atoms with Crippen molar-refractivity contribution in [1.29, 1.82) is 0 Å². The number of nitrogens with two attached hydrogens (primary N) is 1. The Morgan fingerprint density at radius 2 is 2.26 bits per heavy atom. The monoisotopic (exact) mass is 326 g/mol. The maximum atomic E-state index is 13.5. The largest absolute Gasteiger partial charge is 0.374 e. The number of anilines is 1. The van der Waals surface area contributed by atoms with E-state index in [-0.39, 0.29) is 17.8 Å². The van der Waals surface area contributed by atoms with Gasteiger partial charge in [-0.1, -0.05) is 13.8 Å². The number of rotatable bonds is 5. The second-order valence-electron chi connectivity index (χ2n) is 6.12. The van der Waals surface area contributed by atoms with Crippen LogP contribution in [-0.2, 0) is 4.74 Å². The van der Waals surface area contributed by atoms with E-state index < -0.39 is 11.6 Å².